The van der Waals surface area contributed by atoms with Crippen molar-refractivity contribution in [2.75, 3.05) is 11.5 Å². The minimum Gasteiger partial charge on any atom is -0.399 e. The zero-order valence-electron chi connectivity index (χ0n) is 10.1. The second kappa shape index (κ2) is 4.69. The first-order valence-corrected chi connectivity index (χ1v) is 7.73. The molecule has 2 rings (SSSR count). The van der Waals surface area contributed by atoms with E-state index in [1.165, 1.54) is 0 Å². The molecular weight excluding hydrogens is 234 g/mol. The Morgan fingerprint density at radius 3 is 2.59 bits per heavy atom. The Kier molecular flexibility index (Phi) is 3.43. The van der Waals surface area contributed by atoms with Crippen molar-refractivity contribution >= 4 is 15.5 Å². The van der Waals surface area contributed by atoms with E-state index >= 15 is 0 Å². The molecule has 2 N–H and O–H groups in total. The van der Waals surface area contributed by atoms with E-state index in [0.717, 1.165) is 31.2 Å². The van der Waals surface area contributed by atoms with Crippen LogP contribution in [0.2, 0.25) is 0 Å². The monoisotopic (exact) mass is 253 g/mol. The summed E-state index contributed by atoms with van der Waals surface area (Å²) >= 11 is 0. The Hall–Kier alpha value is -1.03. The van der Waals surface area contributed by atoms with E-state index in [1.807, 2.05) is 6.92 Å². The van der Waals surface area contributed by atoms with Gasteiger partial charge in [0, 0.05) is 5.69 Å². The highest BCUT2D eigenvalue weighted by atomic mass is 32.2. The number of rotatable bonds is 3. The van der Waals surface area contributed by atoms with Gasteiger partial charge in [0.15, 0.2) is 9.84 Å². The van der Waals surface area contributed by atoms with Gasteiger partial charge in [-0.2, -0.15) is 0 Å². The maximum absolute atomic E-state index is 12.3. The van der Waals surface area contributed by atoms with Crippen LogP contribution in [0.3, 0.4) is 0 Å². The second-order valence-electron chi connectivity index (χ2n) is 4.96. The van der Waals surface area contributed by atoms with Crippen molar-refractivity contribution in [2.24, 2.45) is 5.92 Å². The fraction of sp³-hybridized carbons (Fsp3) is 0.538. The maximum Gasteiger partial charge on any atom is 0.178 e. The zero-order chi connectivity index (χ0) is 12.5. The molecule has 0 amide bonds. The molecule has 0 bridgehead atoms. The summed E-state index contributed by atoms with van der Waals surface area (Å²) in [6.45, 7) is 1.82. The van der Waals surface area contributed by atoms with Crippen molar-refractivity contribution in [2.45, 2.75) is 37.5 Å². The predicted molar refractivity (Wildman–Crippen MR) is 69.6 cm³/mol. The lowest BCUT2D eigenvalue weighted by atomic mass is 10.1. The normalized spacial score (nSPS) is 17.5. The van der Waals surface area contributed by atoms with Gasteiger partial charge in [-0.3, -0.25) is 0 Å². The average molecular weight is 253 g/mol. The van der Waals surface area contributed by atoms with E-state index < -0.39 is 9.84 Å². The Bertz CT molecular complexity index is 502. The Morgan fingerprint density at radius 1 is 1.29 bits per heavy atom. The lowest BCUT2D eigenvalue weighted by molar-refractivity contribution is 0.558. The van der Waals surface area contributed by atoms with Crippen molar-refractivity contribution in [3.05, 3.63) is 23.8 Å². The molecule has 1 fully saturated rings. The number of benzene rings is 1. The van der Waals surface area contributed by atoms with Crippen LogP contribution < -0.4 is 5.73 Å². The van der Waals surface area contributed by atoms with Crippen molar-refractivity contribution in [1.82, 2.24) is 0 Å². The first-order valence-electron chi connectivity index (χ1n) is 6.08. The standard InChI is InChI=1S/C13H19NO2S/c1-10-6-7-12(14)8-13(10)17(15,16)9-11-4-2-3-5-11/h6-8,11H,2-5,9,14H2,1H3. The third kappa shape index (κ3) is 2.80. The van der Waals surface area contributed by atoms with Crippen LogP contribution in [0.1, 0.15) is 31.2 Å². The first kappa shape index (κ1) is 12.4. The summed E-state index contributed by atoms with van der Waals surface area (Å²) in [4.78, 5) is 0.407. The molecule has 94 valence electrons. The van der Waals surface area contributed by atoms with Crippen molar-refractivity contribution < 1.29 is 8.42 Å². The lowest BCUT2D eigenvalue weighted by Gasteiger charge is -2.12. The summed E-state index contributed by atoms with van der Waals surface area (Å²) in [5.74, 6) is 0.609. The van der Waals surface area contributed by atoms with Crippen LogP contribution in [0.4, 0.5) is 5.69 Å². The second-order valence-corrected chi connectivity index (χ2v) is 6.96. The molecule has 0 radical (unpaired) electrons. The molecule has 1 aromatic rings. The SMILES string of the molecule is Cc1ccc(N)cc1S(=O)(=O)CC1CCCC1. The van der Waals surface area contributed by atoms with Gasteiger partial charge in [-0.1, -0.05) is 18.9 Å². The molecular formula is C13H19NO2S. The van der Waals surface area contributed by atoms with Gasteiger partial charge in [-0.25, -0.2) is 8.42 Å². The number of nitrogen functional groups attached to an aromatic ring is 1. The van der Waals surface area contributed by atoms with E-state index in [9.17, 15) is 8.42 Å². The molecule has 0 unspecified atom stereocenters. The molecule has 4 heteroatoms. The molecule has 0 aromatic heterocycles. The third-order valence-electron chi connectivity index (χ3n) is 3.48. The van der Waals surface area contributed by atoms with Crippen molar-refractivity contribution in [3.8, 4) is 0 Å². The van der Waals surface area contributed by atoms with Gasteiger partial charge >= 0.3 is 0 Å². The van der Waals surface area contributed by atoms with Crippen molar-refractivity contribution in [1.29, 1.82) is 0 Å². The van der Waals surface area contributed by atoms with Crippen LogP contribution in [-0.2, 0) is 9.84 Å². The third-order valence-corrected chi connectivity index (χ3v) is 5.50. The highest BCUT2D eigenvalue weighted by molar-refractivity contribution is 7.91. The van der Waals surface area contributed by atoms with Crippen LogP contribution in [0, 0.1) is 12.8 Å². The fourth-order valence-electron chi connectivity index (χ4n) is 2.53. The van der Waals surface area contributed by atoms with Gasteiger partial charge in [-0.05, 0) is 43.4 Å². The largest absolute Gasteiger partial charge is 0.399 e. The van der Waals surface area contributed by atoms with Crippen LogP contribution >= 0.6 is 0 Å². The number of sulfone groups is 1. The van der Waals surface area contributed by atoms with Crippen LogP contribution in [0.15, 0.2) is 23.1 Å². The van der Waals surface area contributed by atoms with Gasteiger partial charge in [0.25, 0.3) is 0 Å². The number of hydrogen-bond donors (Lipinski definition) is 1. The van der Waals surface area contributed by atoms with E-state index in [0.29, 0.717) is 16.5 Å². The predicted octanol–water partition coefficient (Wildman–Crippen LogP) is 2.54. The van der Waals surface area contributed by atoms with Crippen LogP contribution in [0.25, 0.3) is 0 Å². The Morgan fingerprint density at radius 2 is 1.94 bits per heavy atom. The highest BCUT2D eigenvalue weighted by Gasteiger charge is 2.25. The molecule has 1 aliphatic rings. The topological polar surface area (TPSA) is 60.2 Å². The van der Waals surface area contributed by atoms with Crippen LogP contribution in [-0.4, -0.2) is 14.2 Å². The number of anilines is 1. The van der Waals surface area contributed by atoms with Crippen molar-refractivity contribution in [3.63, 3.8) is 0 Å². The molecule has 3 nitrogen and oxygen atoms in total. The molecule has 17 heavy (non-hydrogen) atoms. The summed E-state index contributed by atoms with van der Waals surface area (Å²) in [7, 11) is -3.18. The number of nitrogens with two attached hydrogens (primary N) is 1. The van der Waals surface area contributed by atoms with Gasteiger partial charge in [0.1, 0.15) is 0 Å². The molecule has 0 saturated heterocycles. The van der Waals surface area contributed by atoms with Gasteiger partial charge in [0.05, 0.1) is 10.6 Å². The zero-order valence-corrected chi connectivity index (χ0v) is 11.0. The molecule has 1 aromatic carbocycles. The summed E-state index contributed by atoms with van der Waals surface area (Å²) in [5, 5.41) is 0. The average Bonchev–Trinajstić information content (AvgIpc) is 2.73. The molecule has 0 aliphatic heterocycles. The van der Waals surface area contributed by atoms with E-state index in [-0.39, 0.29) is 5.75 Å². The minimum atomic E-state index is -3.18. The lowest BCUT2D eigenvalue weighted by Crippen LogP contribution is -2.15. The molecule has 1 aliphatic carbocycles. The Balaban J connectivity index is 2.27. The van der Waals surface area contributed by atoms with E-state index in [1.54, 1.807) is 18.2 Å². The Labute approximate surface area is 103 Å². The number of hydrogen-bond acceptors (Lipinski definition) is 3. The summed E-state index contributed by atoms with van der Waals surface area (Å²) in [5.41, 5.74) is 6.97. The van der Waals surface area contributed by atoms with E-state index in [4.69, 9.17) is 5.73 Å². The highest BCUT2D eigenvalue weighted by Crippen LogP contribution is 2.29. The van der Waals surface area contributed by atoms with Gasteiger partial charge in [-0.15, -0.1) is 0 Å². The van der Waals surface area contributed by atoms with Gasteiger partial charge in [0.2, 0.25) is 0 Å². The fourth-order valence-corrected chi connectivity index (χ4v) is 4.54. The summed E-state index contributed by atoms with van der Waals surface area (Å²) in [6.07, 6.45) is 4.41. The van der Waals surface area contributed by atoms with E-state index in [2.05, 4.69) is 0 Å². The van der Waals surface area contributed by atoms with Gasteiger partial charge < -0.3 is 5.73 Å². The molecule has 0 heterocycles. The molecule has 0 atom stereocenters. The van der Waals surface area contributed by atoms with Crippen LogP contribution in [0.5, 0.6) is 0 Å². The summed E-state index contributed by atoms with van der Waals surface area (Å²) < 4.78 is 24.6. The molecule has 1 saturated carbocycles. The maximum atomic E-state index is 12.3. The molecule has 0 spiro atoms. The quantitative estimate of drug-likeness (QED) is 0.842. The number of aryl methyl sites for hydroxylation is 1. The smallest absolute Gasteiger partial charge is 0.178 e. The first-order chi connectivity index (χ1) is 7.99. The summed E-state index contributed by atoms with van der Waals surface area (Å²) in [6, 6.07) is 5.10. The minimum absolute atomic E-state index is 0.275.